The van der Waals surface area contributed by atoms with E-state index in [9.17, 15) is 43.2 Å². The van der Waals surface area contributed by atoms with Crippen LogP contribution in [0.25, 0.3) is 0 Å². The van der Waals surface area contributed by atoms with E-state index >= 15 is 0 Å². The summed E-state index contributed by atoms with van der Waals surface area (Å²) in [5.41, 5.74) is 8.85. The molecular formula is C55H68N9O10+. The normalized spacial score (nSPS) is 23.5. The number of primary amides is 1. The number of alkyl carbamates (subject to hydrolysis) is 1. The van der Waals surface area contributed by atoms with Crippen LogP contribution in [0.4, 0.5) is 21.0 Å². The summed E-state index contributed by atoms with van der Waals surface area (Å²) in [5, 5.41) is 10.9. The van der Waals surface area contributed by atoms with E-state index in [-0.39, 0.29) is 81.1 Å². The molecule has 0 radical (unpaired) electrons. The van der Waals surface area contributed by atoms with Crippen LogP contribution < -0.4 is 31.9 Å². The molecule has 4 aliphatic heterocycles. The van der Waals surface area contributed by atoms with Crippen molar-refractivity contribution >= 4 is 70.6 Å². The van der Waals surface area contributed by atoms with Crippen LogP contribution >= 0.6 is 0 Å². The van der Waals surface area contributed by atoms with Gasteiger partial charge >= 0.3 is 12.1 Å². The second-order valence-corrected chi connectivity index (χ2v) is 21.3. The number of hydrogen-bond donors (Lipinski definition) is 5. The summed E-state index contributed by atoms with van der Waals surface area (Å²) in [6.45, 7) is 5.24. The minimum absolute atomic E-state index is 0.0848. The number of nitrogens with one attached hydrogen (secondary N) is 4. The monoisotopic (exact) mass is 1010 g/mol. The van der Waals surface area contributed by atoms with Gasteiger partial charge in [0, 0.05) is 38.3 Å². The maximum atomic E-state index is 14.8. The zero-order valence-electron chi connectivity index (χ0n) is 42.6. The first-order valence-electron chi connectivity index (χ1n) is 25.8. The number of urea groups is 1. The fraction of sp³-hybridized carbons (Fsp3) is 0.491. The van der Waals surface area contributed by atoms with Gasteiger partial charge in [0.25, 0.3) is 5.91 Å². The first kappa shape index (κ1) is 52.9. The Morgan fingerprint density at radius 2 is 1.49 bits per heavy atom. The Morgan fingerprint density at radius 3 is 2.12 bits per heavy atom. The molecule has 10 amide bonds. The zero-order chi connectivity index (χ0) is 52.8. The molecule has 74 heavy (non-hydrogen) atoms. The van der Waals surface area contributed by atoms with Crippen molar-refractivity contribution in [3.05, 3.63) is 95.6 Å². The van der Waals surface area contributed by atoms with E-state index < -0.39 is 71.4 Å². The number of rotatable bonds is 14. The SMILES string of the molecule is CN1C(=O)/[N+](=C2\CCC(=O)NC2=O)c2ccc(CC3CCC(CC(=O)N4CCC5CC[C@@H](C(=O)N[C@@H](CCC(N)=O)C(=O)NC(c6ccccc6)c6ccccc6)N5C(=O)[C@@H](NC(=O)OC(C)(C)C)C4)CC3)cc21. The minimum Gasteiger partial charge on any atom is -0.444 e. The van der Waals surface area contributed by atoms with Crippen molar-refractivity contribution < 1.29 is 52.5 Å². The lowest BCUT2D eigenvalue weighted by Gasteiger charge is -2.39. The number of imide groups is 1. The van der Waals surface area contributed by atoms with Gasteiger partial charge < -0.3 is 36.2 Å². The average molecular weight is 1020 g/mol. The van der Waals surface area contributed by atoms with Gasteiger partial charge in [-0.05, 0) is 119 Å². The van der Waals surface area contributed by atoms with Gasteiger partial charge in [-0.3, -0.25) is 38.9 Å². The summed E-state index contributed by atoms with van der Waals surface area (Å²) in [6.07, 6.45) is 4.72. The lowest BCUT2D eigenvalue weighted by molar-refractivity contribution is -0.323. The fourth-order valence-corrected chi connectivity index (χ4v) is 11.1. The van der Waals surface area contributed by atoms with Gasteiger partial charge in [-0.1, -0.05) is 66.7 Å². The minimum atomic E-state index is -1.25. The topological polar surface area (TPSA) is 250 Å². The molecule has 392 valence electrons. The summed E-state index contributed by atoms with van der Waals surface area (Å²) < 4.78 is 6.97. The van der Waals surface area contributed by atoms with Gasteiger partial charge in [-0.2, -0.15) is 14.3 Å². The molecule has 8 rings (SSSR count). The molecule has 0 bridgehead atoms. The Kier molecular flexibility index (Phi) is 16.3. The van der Waals surface area contributed by atoms with Crippen molar-refractivity contribution in [1.82, 2.24) is 31.1 Å². The third kappa shape index (κ3) is 12.5. The highest BCUT2D eigenvalue weighted by Crippen LogP contribution is 2.39. The molecule has 19 nitrogen and oxygen atoms in total. The first-order valence-corrected chi connectivity index (χ1v) is 25.8. The number of nitrogens with zero attached hydrogens (tertiary/aromatic N) is 4. The summed E-state index contributed by atoms with van der Waals surface area (Å²) in [5.74, 6) is -2.93. The quantitative estimate of drug-likeness (QED) is 0.110. The molecule has 3 aromatic rings. The molecule has 0 aromatic heterocycles. The number of anilines is 1. The number of benzene rings is 3. The highest BCUT2D eigenvalue weighted by molar-refractivity contribution is 6.42. The van der Waals surface area contributed by atoms with E-state index in [2.05, 4.69) is 21.3 Å². The van der Waals surface area contributed by atoms with Gasteiger partial charge in [-0.25, -0.2) is 4.79 Å². The number of ether oxygens (including phenoxy) is 1. The van der Waals surface area contributed by atoms with Gasteiger partial charge in [0.2, 0.25) is 35.4 Å². The van der Waals surface area contributed by atoms with E-state index in [0.29, 0.717) is 30.1 Å². The van der Waals surface area contributed by atoms with E-state index in [1.165, 1.54) is 14.4 Å². The van der Waals surface area contributed by atoms with E-state index in [1.54, 1.807) is 32.7 Å². The third-order valence-corrected chi connectivity index (χ3v) is 14.8. The van der Waals surface area contributed by atoms with Crippen molar-refractivity contribution in [3.8, 4) is 0 Å². The van der Waals surface area contributed by atoms with Crippen molar-refractivity contribution in [3.63, 3.8) is 0 Å². The van der Waals surface area contributed by atoms with Gasteiger partial charge in [0.1, 0.15) is 23.7 Å². The van der Waals surface area contributed by atoms with Crippen molar-refractivity contribution in [2.75, 3.05) is 25.0 Å². The average Bonchev–Trinajstić information content (AvgIpc) is 3.89. The molecule has 1 aliphatic carbocycles. The standard InChI is InChI=1S/C55H67N9O10/c1-55(2,3)74-53(72)58-40-32-62(47(67)31-34-17-15-33(16-18-34)29-35-19-22-41-44(30-35)61(4)54(73)64(41)43-24-26-46(66)59-51(43)70)28-27-38-20-23-42(63(38)52(40)71)50(69)57-39(21-25-45(56)65)49(68)60-48(36-11-7-5-8-12-36)37-13-9-6-10-14-37/h5-14,19,22,30,33-34,38-40,42,48H,15-18,20-21,23-29,31-32H2,1-4H3,(H5-,56,57,58,59,60,65,66,68,69,70,72)/p+1/b64-43+/t33?,34?,38?,39-,40-,42-/m0/s1. The molecule has 19 heteroatoms. The number of piperidine rings is 1. The molecule has 1 saturated carbocycles. The number of amides is 10. The van der Waals surface area contributed by atoms with E-state index in [1.807, 2.05) is 78.9 Å². The van der Waals surface area contributed by atoms with Crippen LogP contribution in [0.3, 0.4) is 0 Å². The summed E-state index contributed by atoms with van der Waals surface area (Å²) in [7, 11) is 1.67. The van der Waals surface area contributed by atoms with Crippen molar-refractivity contribution in [2.45, 2.75) is 140 Å². The Labute approximate surface area is 431 Å². The number of hydrogen-bond acceptors (Lipinski definition) is 10. The van der Waals surface area contributed by atoms with Crippen LogP contribution in [-0.2, 0) is 44.7 Å². The fourth-order valence-electron chi connectivity index (χ4n) is 11.1. The van der Waals surface area contributed by atoms with Gasteiger partial charge in [-0.15, -0.1) is 0 Å². The maximum absolute atomic E-state index is 14.8. The predicted octanol–water partition coefficient (Wildman–Crippen LogP) is 4.66. The zero-order valence-corrected chi connectivity index (χ0v) is 42.6. The van der Waals surface area contributed by atoms with Crippen LogP contribution in [-0.4, -0.2) is 123 Å². The van der Waals surface area contributed by atoms with Crippen LogP contribution in [0.5, 0.6) is 0 Å². The maximum Gasteiger partial charge on any atom is 0.504 e. The lowest BCUT2D eigenvalue weighted by atomic mass is 9.78. The van der Waals surface area contributed by atoms with Crippen molar-refractivity contribution in [2.24, 2.45) is 17.6 Å². The Morgan fingerprint density at radius 1 is 0.824 bits per heavy atom. The molecule has 4 fully saturated rings. The third-order valence-electron chi connectivity index (χ3n) is 14.8. The van der Waals surface area contributed by atoms with Crippen LogP contribution in [0.2, 0.25) is 0 Å². The predicted molar refractivity (Wildman–Crippen MR) is 273 cm³/mol. The number of carbonyl (C=O) groups excluding carboxylic acids is 9. The smallest absolute Gasteiger partial charge is 0.444 e. The molecule has 5 aliphatic rings. The number of nitrogens with two attached hydrogens (primary N) is 1. The van der Waals surface area contributed by atoms with Gasteiger partial charge in [0.15, 0.2) is 17.1 Å². The Hall–Kier alpha value is -7.44. The summed E-state index contributed by atoms with van der Waals surface area (Å²) >= 11 is 0. The lowest BCUT2D eigenvalue weighted by Crippen LogP contribution is -2.62. The first-order chi connectivity index (χ1) is 35.3. The van der Waals surface area contributed by atoms with Crippen LogP contribution in [0.1, 0.15) is 121 Å². The molecule has 3 saturated heterocycles. The Balaban J connectivity index is 0.916. The molecule has 0 spiro atoms. The Bertz CT molecular complexity index is 2660. The largest absolute Gasteiger partial charge is 0.504 e. The van der Waals surface area contributed by atoms with Gasteiger partial charge in [0.05, 0.1) is 19.6 Å². The van der Waals surface area contributed by atoms with Crippen LogP contribution in [0, 0.1) is 11.8 Å². The summed E-state index contributed by atoms with van der Waals surface area (Å²) in [6, 6.07) is 19.7. The number of carbonyl (C=O) groups is 9. The van der Waals surface area contributed by atoms with Crippen molar-refractivity contribution in [1.29, 1.82) is 0 Å². The highest BCUT2D eigenvalue weighted by Gasteiger charge is 2.47. The highest BCUT2D eigenvalue weighted by atomic mass is 16.6. The second-order valence-electron chi connectivity index (χ2n) is 21.3. The molecule has 4 heterocycles. The molecular weight excluding hydrogens is 947 g/mol. The molecule has 4 atom stereocenters. The van der Waals surface area contributed by atoms with Crippen LogP contribution in [0.15, 0.2) is 78.9 Å². The molecule has 3 aromatic carbocycles. The van der Waals surface area contributed by atoms with E-state index in [0.717, 1.165) is 48.8 Å². The summed E-state index contributed by atoms with van der Waals surface area (Å²) in [4.78, 5) is 125. The number of fused-ring (bicyclic) bond motifs is 2. The molecule has 6 N–H and O–H groups in total. The van der Waals surface area contributed by atoms with E-state index in [4.69, 9.17) is 10.5 Å². The molecule has 1 unspecified atom stereocenters. The second kappa shape index (κ2) is 22.8.